The van der Waals surface area contributed by atoms with E-state index in [0.29, 0.717) is 34.8 Å². The molecule has 124 valence electrons. The molecule has 0 aromatic carbocycles. The summed E-state index contributed by atoms with van der Waals surface area (Å²) in [6, 6.07) is 3.96. The van der Waals surface area contributed by atoms with Gasteiger partial charge in [0.25, 0.3) is 5.91 Å². The van der Waals surface area contributed by atoms with Crippen LogP contribution >= 0.6 is 11.3 Å². The van der Waals surface area contributed by atoms with Crippen molar-refractivity contribution in [1.82, 2.24) is 15.3 Å². The number of anilines is 1. The minimum Gasteiger partial charge on any atom is -0.442 e. The van der Waals surface area contributed by atoms with Gasteiger partial charge in [-0.15, -0.1) is 11.3 Å². The zero-order chi connectivity index (χ0) is 16.7. The predicted molar refractivity (Wildman–Crippen MR) is 93.3 cm³/mol. The van der Waals surface area contributed by atoms with Crippen LogP contribution in [0.3, 0.4) is 0 Å². The molecule has 1 aliphatic rings. The summed E-state index contributed by atoms with van der Waals surface area (Å²) in [6.45, 7) is 4.42. The van der Waals surface area contributed by atoms with Gasteiger partial charge in [0.1, 0.15) is 17.9 Å². The van der Waals surface area contributed by atoms with Crippen LogP contribution in [0, 0.1) is 6.92 Å². The molecule has 24 heavy (non-hydrogen) atoms. The average molecular weight is 342 g/mol. The molecule has 2 N–H and O–H groups in total. The smallest absolute Gasteiger partial charge is 0.255 e. The van der Waals surface area contributed by atoms with Gasteiger partial charge in [0.2, 0.25) is 5.71 Å². The van der Waals surface area contributed by atoms with Crippen molar-refractivity contribution in [3.8, 4) is 0 Å². The molecule has 3 heterocycles. The largest absolute Gasteiger partial charge is 0.442 e. The lowest BCUT2D eigenvalue weighted by atomic mass is 10.1. The topological polar surface area (TPSA) is 80.1 Å². The van der Waals surface area contributed by atoms with E-state index in [1.807, 2.05) is 17.5 Å². The molecule has 1 amide bonds. The molecule has 1 saturated carbocycles. The highest BCUT2D eigenvalue weighted by Crippen LogP contribution is 2.40. The van der Waals surface area contributed by atoms with Gasteiger partial charge in [0.15, 0.2) is 0 Å². The number of hydrogen-bond acceptors (Lipinski definition) is 6. The van der Waals surface area contributed by atoms with E-state index in [1.54, 1.807) is 18.3 Å². The second-order valence-electron chi connectivity index (χ2n) is 6.38. The van der Waals surface area contributed by atoms with Gasteiger partial charge in [-0.3, -0.25) is 4.79 Å². The van der Waals surface area contributed by atoms with E-state index in [9.17, 15) is 4.79 Å². The monoisotopic (exact) mass is 342 g/mol. The Morgan fingerprint density at radius 2 is 2.25 bits per heavy atom. The molecule has 3 aromatic rings. The maximum absolute atomic E-state index is 12.7. The molecule has 0 unspecified atom stereocenters. The Morgan fingerprint density at radius 1 is 1.42 bits per heavy atom. The Bertz CT molecular complexity index is 897. The quantitative estimate of drug-likeness (QED) is 0.742. The number of nitrogens with zero attached hydrogens (tertiary/aromatic N) is 2. The zero-order valence-corrected chi connectivity index (χ0v) is 14.4. The summed E-state index contributed by atoms with van der Waals surface area (Å²) in [5, 5.41) is 9.03. The SMILES string of the molecule is Cc1oc2ncnc(NC3(C)CC3)c2c1C(=O)NCc1cccs1. The molecule has 0 saturated heterocycles. The first-order valence-electron chi connectivity index (χ1n) is 7.89. The van der Waals surface area contributed by atoms with Crippen molar-refractivity contribution in [3.05, 3.63) is 40.0 Å². The number of carbonyl (C=O) groups is 1. The zero-order valence-electron chi connectivity index (χ0n) is 13.5. The van der Waals surface area contributed by atoms with Gasteiger partial charge < -0.3 is 15.1 Å². The van der Waals surface area contributed by atoms with Gasteiger partial charge in [-0.25, -0.2) is 9.97 Å². The van der Waals surface area contributed by atoms with E-state index in [1.165, 1.54) is 6.33 Å². The van der Waals surface area contributed by atoms with Crippen molar-refractivity contribution in [2.75, 3.05) is 5.32 Å². The fourth-order valence-electron chi connectivity index (χ4n) is 2.68. The summed E-state index contributed by atoms with van der Waals surface area (Å²) in [5.74, 6) is 1.05. The molecule has 0 spiro atoms. The number of furan rings is 1. The lowest BCUT2D eigenvalue weighted by molar-refractivity contribution is 0.0951. The van der Waals surface area contributed by atoms with Gasteiger partial charge in [-0.2, -0.15) is 0 Å². The van der Waals surface area contributed by atoms with Crippen molar-refractivity contribution in [2.24, 2.45) is 0 Å². The highest BCUT2D eigenvalue weighted by molar-refractivity contribution is 7.09. The van der Waals surface area contributed by atoms with Crippen molar-refractivity contribution < 1.29 is 9.21 Å². The minimum atomic E-state index is -0.168. The molecule has 4 rings (SSSR count). The Morgan fingerprint density at radius 3 is 2.96 bits per heavy atom. The fraction of sp³-hybridized carbons (Fsp3) is 0.353. The van der Waals surface area contributed by atoms with Crippen molar-refractivity contribution in [2.45, 2.75) is 38.8 Å². The Labute approximate surface area is 143 Å². The van der Waals surface area contributed by atoms with Crippen molar-refractivity contribution >= 4 is 34.2 Å². The third kappa shape index (κ3) is 2.75. The van der Waals surface area contributed by atoms with Gasteiger partial charge in [0.05, 0.1) is 17.5 Å². The molecule has 1 fully saturated rings. The van der Waals surface area contributed by atoms with Crippen LogP contribution in [0.15, 0.2) is 28.3 Å². The second-order valence-corrected chi connectivity index (χ2v) is 7.42. The number of nitrogens with one attached hydrogen (secondary N) is 2. The van der Waals surface area contributed by atoms with Crippen LogP contribution in [0.5, 0.6) is 0 Å². The van der Waals surface area contributed by atoms with Gasteiger partial charge in [-0.05, 0) is 38.1 Å². The van der Waals surface area contributed by atoms with E-state index >= 15 is 0 Å². The van der Waals surface area contributed by atoms with E-state index in [4.69, 9.17) is 4.42 Å². The lowest BCUT2D eigenvalue weighted by Crippen LogP contribution is -2.23. The average Bonchev–Trinajstić information content (AvgIpc) is 2.98. The maximum atomic E-state index is 12.7. The molecule has 6 nitrogen and oxygen atoms in total. The molecule has 0 atom stereocenters. The molecule has 0 radical (unpaired) electrons. The molecular weight excluding hydrogens is 324 g/mol. The first-order valence-corrected chi connectivity index (χ1v) is 8.77. The van der Waals surface area contributed by atoms with Gasteiger partial charge >= 0.3 is 0 Å². The molecule has 0 bridgehead atoms. The number of aryl methyl sites for hydroxylation is 1. The third-order valence-corrected chi connectivity index (χ3v) is 5.19. The number of hydrogen-bond donors (Lipinski definition) is 2. The van der Waals surface area contributed by atoms with Gasteiger partial charge in [-0.1, -0.05) is 6.07 Å². The number of rotatable bonds is 5. The third-order valence-electron chi connectivity index (χ3n) is 4.31. The number of carbonyl (C=O) groups excluding carboxylic acids is 1. The van der Waals surface area contributed by atoms with Crippen LogP contribution in [-0.2, 0) is 6.54 Å². The maximum Gasteiger partial charge on any atom is 0.255 e. The fourth-order valence-corrected chi connectivity index (χ4v) is 3.32. The Hall–Kier alpha value is -2.41. The van der Waals surface area contributed by atoms with E-state index < -0.39 is 0 Å². The van der Waals surface area contributed by atoms with Crippen LogP contribution in [0.4, 0.5) is 5.82 Å². The number of aromatic nitrogens is 2. The molecular formula is C17H18N4O2S. The highest BCUT2D eigenvalue weighted by Gasteiger charge is 2.38. The first kappa shape index (κ1) is 15.1. The standard InChI is InChI=1S/C17H18N4O2S/c1-10-12(15(22)18-8-11-4-3-7-24-11)13-14(21-17(2)5-6-17)19-9-20-16(13)23-10/h3-4,7,9H,5-6,8H2,1-2H3,(H,18,22)(H,19,20,21). The highest BCUT2D eigenvalue weighted by atomic mass is 32.1. The van der Waals surface area contributed by atoms with Crippen LogP contribution < -0.4 is 10.6 Å². The Balaban J connectivity index is 1.68. The predicted octanol–water partition coefficient (Wildman–Crippen LogP) is 3.49. The number of amides is 1. The van der Waals surface area contributed by atoms with Crippen LogP contribution in [0.2, 0.25) is 0 Å². The first-order chi connectivity index (χ1) is 11.6. The summed E-state index contributed by atoms with van der Waals surface area (Å²) in [5.41, 5.74) is 1.00. The van der Waals surface area contributed by atoms with E-state index in [-0.39, 0.29) is 11.4 Å². The summed E-state index contributed by atoms with van der Waals surface area (Å²) in [6.07, 6.45) is 3.65. The number of thiophene rings is 1. The number of fused-ring (bicyclic) bond motifs is 1. The molecule has 7 heteroatoms. The van der Waals surface area contributed by atoms with E-state index in [0.717, 1.165) is 17.7 Å². The van der Waals surface area contributed by atoms with Crippen LogP contribution in [-0.4, -0.2) is 21.4 Å². The van der Waals surface area contributed by atoms with Crippen molar-refractivity contribution in [3.63, 3.8) is 0 Å². The summed E-state index contributed by atoms with van der Waals surface area (Å²) in [4.78, 5) is 22.3. The second kappa shape index (κ2) is 5.59. The minimum absolute atomic E-state index is 0.0528. The van der Waals surface area contributed by atoms with Crippen molar-refractivity contribution in [1.29, 1.82) is 0 Å². The van der Waals surface area contributed by atoms with E-state index in [2.05, 4.69) is 27.5 Å². The summed E-state index contributed by atoms with van der Waals surface area (Å²) < 4.78 is 5.68. The van der Waals surface area contributed by atoms with Crippen LogP contribution in [0.25, 0.3) is 11.1 Å². The lowest BCUT2D eigenvalue weighted by Gasteiger charge is -2.13. The molecule has 0 aliphatic heterocycles. The molecule has 3 aromatic heterocycles. The normalized spacial score (nSPS) is 15.4. The van der Waals surface area contributed by atoms with Crippen LogP contribution in [0.1, 0.15) is 40.8 Å². The molecule has 1 aliphatic carbocycles. The summed E-state index contributed by atoms with van der Waals surface area (Å²) in [7, 11) is 0. The van der Waals surface area contributed by atoms with Gasteiger partial charge in [0, 0.05) is 10.4 Å². The summed E-state index contributed by atoms with van der Waals surface area (Å²) >= 11 is 1.61. The Kier molecular flexibility index (Phi) is 3.53.